The van der Waals surface area contributed by atoms with Crippen molar-refractivity contribution in [1.82, 2.24) is 4.31 Å². The monoisotopic (exact) mass is 240 g/mol. The average Bonchev–Trinajstić information content (AvgIpc) is 2.17. The van der Waals surface area contributed by atoms with Crippen molar-refractivity contribution < 1.29 is 13.2 Å². The van der Waals surface area contributed by atoms with Crippen LogP contribution >= 0.6 is 11.6 Å². The first-order valence-electron chi connectivity index (χ1n) is 3.98. The minimum Gasteiger partial charge on any atom is -0.383 e. The molecule has 0 unspecified atom stereocenters. The Morgan fingerprint density at radius 2 is 2.14 bits per heavy atom. The van der Waals surface area contributed by atoms with Gasteiger partial charge in [-0.3, -0.25) is 0 Å². The van der Waals surface area contributed by atoms with Gasteiger partial charge in [-0.1, -0.05) is 0 Å². The smallest absolute Gasteiger partial charge is 0.228 e. The Bertz CT molecular complexity index is 286. The Hall–Kier alpha value is -0.350. The molecule has 0 aliphatic rings. The van der Waals surface area contributed by atoms with Gasteiger partial charge in [-0.25, -0.2) is 8.42 Å². The molecule has 0 saturated heterocycles. The summed E-state index contributed by atoms with van der Waals surface area (Å²) in [6.07, 6.45) is 0.153. The van der Waals surface area contributed by atoms with Crippen molar-refractivity contribution in [2.75, 3.05) is 32.0 Å². The highest BCUT2D eigenvalue weighted by atomic mass is 35.5. The zero-order valence-electron chi connectivity index (χ0n) is 7.94. The number of hydrogen-bond acceptors (Lipinski definition) is 4. The number of alkyl halides is 1. The fourth-order valence-electron chi connectivity index (χ4n) is 0.827. The van der Waals surface area contributed by atoms with E-state index in [4.69, 9.17) is 21.6 Å². The number of nitriles is 1. The zero-order valence-corrected chi connectivity index (χ0v) is 9.51. The van der Waals surface area contributed by atoms with E-state index in [1.54, 1.807) is 0 Å². The van der Waals surface area contributed by atoms with Gasteiger partial charge in [-0.15, -0.1) is 11.6 Å². The third kappa shape index (κ3) is 4.77. The van der Waals surface area contributed by atoms with Crippen molar-refractivity contribution in [1.29, 1.82) is 5.26 Å². The fourth-order valence-corrected chi connectivity index (χ4v) is 2.10. The summed E-state index contributed by atoms with van der Waals surface area (Å²) in [5, 5.41) is 7.87. The van der Waals surface area contributed by atoms with E-state index in [0.717, 1.165) is 4.31 Å². The van der Waals surface area contributed by atoms with Crippen LogP contribution in [-0.2, 0) is 14.8 Å². The Labute approximate surface area is 89.3 Å². The van der Waals surface area contributed by atoms with Crippen molar-refractivity contribution in [3.05, 3.63) is 0 Å². The van der Waals surface area contributed by atoms with Gasteiger partial charge >= 0.3 is 0 Å². The van der Waals surface area contributed by atoms with Crippen molar-refractivity contribution in [3.8, 4) is 6.07 Å². The van der Waals surface area contributed by atoms with Crippen LogP contribution in [0, 0.1) is 11.3 Å². The van der Waals surface area contributed by atoms with Crippen LogP contribution in [0.15, 0.2) is 0 Å². The molecule has 0 N–H and O–H groups in total. The molecule has 0 atom stereocenters. The molecule has 0 bridgehead atoms. The summed E-state index contributed by atoms with van der Waals surface area (Å²) in [6, 6.07) is 1.88. The van der Waals surface area contributed by atoms with Gasteiger partial charge in [-0.05, 0) is 0 Å². The van der Waals surface area contributed by atoms with Crippen molar-refractivity contribution in [2.24, 2.45) is 0 Å². The number of rotatable bonds is 7. The first-order valence-corrected chi connectivity index (χ1v) is 6.12. The highest BCUT2D eigenvalue weighted by Crippen LogP contribution is 2.04. The predicted molar refractivity (Wildman–Crippen MR) is 53.3 cm³/mol. The van der Waals surface area contributed by atoms with E-state index >= 15 is 0 Å². The third-order valence-electron chi connectivity index (χ3n) is 1.55. The summed E-state index contributed by atoms with van der Waals surface area (Å²) in [6.45, 7) is 0.684. The zero-order chi connectivity index (χ0) is 11.0. The number of halogens is 1. The molecule has 0 aliphatic heterocycles. The molecule has 0 amide bonds. The topological polar surface area (TPSA) is 70.4 Å². The van der Waals surface area contributed by atoms with E-state index in [0.29, 0.717) is 6.61 Å². The maximum Gasteiger partial charge on any atom is 0.228 e. The number of hydrogen-bond donors (Lipinski definition) is 0. The lowest BCUT2D eigenvalue weighted by Gasteiger charge is -2.18. The van der Waals surface area contributed by atoms with E-state index in [1.807, 2.05) is 6.07 Å². The van der Waals surface area contributed by atoms with Gasteiger partial charge < -0.3 is 4.74 Å². The van der Waals surface area contributed by atoms with E-state index in [2.05, 4.69) is 0 Å². The van der Waals surface area contributed by atoms with Crippen LogP contribution in [-0.4, -0.2) is 44.7 Å². The standard InChI is InChI=1S/C7H13ClN2O3S/c1-13-6-5-10(4-2-3-9)14(11,12)7-8/h2,4-7H2,1H3. The first kappa shape index (κ1) is 13.7. The summed E-state index contributed by atoms with van der Waals surface area (Å²) in [7, 11) is -1.96. The summed E-state index contributed by atoms with van der Waals surface area (Å²) in [4.78, 5) is 0. The Morgan fingerprint density at radius 3 is 2.57 bits per heavy atom. The summed E-state index contributed by atoms with van der Waals surface area (Å²) in [5.41, 5.74) is 0. The van der Waals surface area contributed by atoms with Gasteiger partial charge in [0.15, 0.2) is 0 Å². The normalized spacial score (nSPS) is 11.6. The van der Waals surface area contributed by atoms with Crippen molar-refractivity contribution in [2.45, 2.75) is 6.42 Å². The van der Waals surface area contributed by atoms with Crippen molar-refractivity contribution in [3.63, 3.8) is 0 Å². The largest absolute Gasteiger partial charge is 0.383 e. The molecular weight excluding hydrogens is 228 g/mol. The molecule has 0 aromatic heterocycles. The van der Waals surface area contributed by atoms with Gasteiger partial charge in [0.1, 0.15) is 5.21 Å². The molecule has 0 saturated carbocycles. The molecular formula is C7H13ClN2O3S. The maximum absolute atomic E-state index is 11.3. The Kier molecular flexibility index (Phi) is 6.83. The highest BCUT2D eigenvalue weighted by Gasteiger charge is 2.19. The van der Waals surface area contributed by atoms with E-state index in [1.165, 1.54) is 7.11 Å². The quantitative estimate of drug-likeness (QED) is 0.603. The summed E-state index contributed by atoms with van der Waals surface area (Å²) < 4.78 is 28.6. The SMILES string of the molecule is COCCN(CCC#N)S(=O)(=O)CCl. The molecule has 0 fully saturated rings. The van der Waals surface area contributed by atoms with Crippen LogP contribution in [0.3, 0.4) is 0 Å². The second kappa shape index (κ2) is 7.01. The first-order chi connectivity index (χ1) is 6.58. The Balaban J connectivity index is 4.32. The third-order valence-corrected chi connectivity index (χ3v) is 3.80. The van der Waals surface area contributed by atoms with Crippen LogP contribution in [0.1, 0.15) is 6.42 Å². The van der Waals surface area contributed by atoms with Gasteiger partial charge in [0.05, 0.1) is 12.7 Å². The lowest BCUT2D eigenvalue weighted by Crippen LogP contribution is -2.35. The minimum atomic E-state index is -3.44. The maximum atomic E-state index is 11.3. The van der Waals surface area contributed by atoms with E-state index < -0.39 is 15.2 Å². The second-order valence-corrected chi connectivity index (χ2v) is 5.07. The molecule has 14 heavy (non-hydrogen) atoms. The van der Waals surface area contributed by atoms with Gasteiger partial charge in [0, 0.05) is 26.6 Å². The predicted octanol–water partition coefficient (Wildman–Crippen LogP) is 0.375. The number of nitrogens with zero attached hydrogens (tertiary/aromatic N) is 2. The average molecular weight is 241 g/mol. The van der Waals surface area contributed by atoms with Gasteiger partial charge in [0.25, 0.3) is 0 Å². The lowest BCUT2D eigenvalue weighted by atomic mass is 10.4. The molecule has 0 radical (unpaired) electrons. The lowest BCUT2D eigenvalue weighted by molar-refractivity contribution is 0.179. The van der Waals surface area contributed by atoms with Crippen LogP contribution < -0.4 is 0 Å². The van der Waals surface area contributed by atoms with Crippen molar-refractivity contribution >= 4 is 21.6 Å². The molecule has 0 heterocycles. The summed E-state index contributed by atoms with van der Waals surface area (Å²) >= 11 is 5.29. The molecule has 0 spiro atoms. The van der Waals surface area contributed by atoms with Crippen LogP contribution in [0.2, 0.25) is 0 Å². The summed E-state index contributed by atoms with van der Waals surface area (Å²) in [5.74, 6) is 0. The number of methoxy groups -OCH3 is 1. The van der Waals surface area contributed by atoms with Gasteiger partial charge in [-0.2, -0.15) is 9.57 Å². The molecule has 0 aromatic carbocycles. The minimum absolute atomic E-state index is 0.153. The van der Waals surface area contributed by atoms with E-state index in [-0.39, 0.29) is 19.5 Å². The Morgan fingerprint density at radius 1 is 1.50 bits per heavy atom. The molecule has 7 heteroatoms. The fraction of sp³-hybridized carbons (Fsp3) is 0.857. The number of ether oxygens (including phenoxy) is 1. The molecule has 0 rings (SSSR count). The molecule has 0 aliphatic carbocycles. The van der Waals surface area contributed by atoms with Gasteiger partial charge in [0.2, 0.25) is 10.0 Å². The molecule has 5 nitrogen and oxygen atoms in total. The van der Waals surface area contributed by atoms with Crippen LogP contribution in [0.5, 0.6) is 0 Å². The molecule has 82 valence electrons. The second-order valence-electron chi connectivity index (χ2n) is 2.52. The highest BCUT2D eigenvalue weighted by molar-refractivity contribution is 7.90. The number of sulfonamides is 1. The van der Waals surface area contributed by atoms with E-state index in [9.17, 15) is 8.42 Å². The van der Waals surface area contributed by atoms with Crippen LogP contribution in [0.25, 0.3) is 0 Å². The molecule has 0 aromatic rings. The van der Waals surface area contributed by atoms with Crippen LogP contribution in [0.4, 0.5) is 0 Å².